The third-order valence-electron chi connectivity index (χ3n) is 4.01. The van der Waals surface area contributed by atoms with Gasteiger partial charge in [0.1, 0.15) is 5.56 Å². The van der Waals surface area contributed by atoms with Crippen LogP contribution in [0.2, 0.25) is 0 Å². The van der Waals surface area contributed by atoms with Crippen LogP contribution in [-0.2, 0) is 9.53 Å². The fourth-order valence-electron chi connectivity index (χ4n) is 2.41. The maximum Gasteiger partial charge on any atom is 0.344 e. The van der Waals surface area contributed by atoms with Gasteiger partial charge in [-0.3, -0.25) is 4.79 Å². The van der Waals surface area contributed by atoms with Crippen molar-refractivity contribution in [1.29, 1.82) is 0 Å². The third-order valence-corrected chi connectivity index (χ3v) is 4.01. The van der Waals surface area contributed by atoms with Crippen LogP contribution >= 0.6 is 0 Å². The second-order valence-corrected chi connectivity index (χ2v) is 6.00. The van der Waals surface area contributed by atoms with E-state index in [0.29, 0.717) is 6.61 Å². The molecule has 0 aliphatic carbocycles. The lowest BCUT2D eigenvalue weighted by Crippen LogP contribution is -2.31. The van der Waals surface area contributed by atoms with Crippen molar-refractivity contribution < 1.29 is 19.1 Å². The lowest BCUT2D eigenvalue weighted by Gasteiger charge is -2.16. The van der Waals surface area contributed by atoms with Gasteiger partial charge in [-0.1, -0.05) is 18.2 Å². The minimum absolute atomic E-state index is 0.183. The molecule has 0 radical (unpaired) electrons. The zero-order valence-corrected chi connectivity index (χ0v) is 15.5. The van der Waals surface area contributed by atoms with Gasteiger partial charge in [-0.15, -0.1) is 0 Å². The molecule has 0 saturated heterocycles. The molecule has 0 fully saturated rings. The molecule has 0 aliphatic heterocycles. The fraction of sp³-hybridized carbons (Fsp3) is 0.350. The van der Waals surface area contributed by atoms with Gasteiger partial charge in [-0.2, -0.15) is 0 Å². The number of esters is 1. The molecule has 1 unspecified atom stereocenters. The minimum atomic E-state index is -0.643. The maximum absolute atomic E-state index is 12.2. The van der Waals surface area contributed by atoms with Crippen LogP contribution in [-0.4, -0.2) is 30.1 Å². The Hall–Kier alpha value is -2.89. The lowest BCUT2D eigenvalue weighted by molar-refractivity contribution is -0.124. The Morgan fingerprint density at radius 2 is 1.96 bits per heavy atom. The predicted octanol–water partition coefficient (Wildman–Crippen LogP) is 3.13. The molecule has 6 nitrogen and oxygen atoms in total. The van der Waals surface area contributed by atoms with Crippen molar-refractivity contribution in [3.8, 4) is 5.88 Å². The van der Waals surface area contributed by atoms with Gasteiger partial charge in [0.2, 0.25) is 5.88 Å². The zero-order chi connectivity index (χ0) is 19.1. The summed E-state index contributed by atoms with van der Waals surface area (Å²) < 4.78 is 10.4. The molecule has 2 aromatic rings. The van der Waals surface area contributed by atoms with E-state index in [1.807, 2.05) is 39.0 Å². The first-order valence-corrected chi connectivity index (χ1v) is 8.53. The van der Waals surface area contributed by atoms with Gasteiger partial charge in [0, 0.05) is 6.20 Å². The number of pyridine rings is 1. The first-order valence-electron chi connectivity index (χ1n) is 8.53. The lowest BCUT2D eigenvalue weighted by atomic mass is 10.0. The van der Waals surface area contributed by atoms with Crippen LogP contribution in [0.5, 0.6) is 5.88 Å². The first kappa shape index (κ1) is 19.4. The first-order chi connectivity index (χ1) is 12.4. The van der Waals surface area contributed by atoms with Crippen molar-refractivity contribution in [3.05, 3.63) is 58.8 Å². The summed E-state index contributed by atoms with van der Waals surface area (Å²) in [5.41, 5.74) is 3.56. The smallest absolute Gasteiger partial charge is 0.344 e. The number of carbonyl (C=O) groups is 2. The number of aromatic nitrogens is 1. The number of aryl methyl sites for hydroxylation is 2. The van der Waals surface area contributed by atoms with Crippen LogP contribution in [0.3, 0.4) is 0 Å². The second kappa shape index (κ2) is 8.99. The van der Waals surface area contributed by atoms with Crippen molar-refractivity contribution in [1.82, 2.24) is 10.3 Å². The molecule has 0 bridgehead atoms. The van der Waals surface area contributed by atoms with Gasteiger partial charge in [0.25, 0.3) is 5.91 Å². The second-order valence-electron chi connectivity index (χ2n) is 6.00. The number of hydrogen-bond acceptors (Lipinski definition) is 5. The topological polar surface area (TPSA) is 77.5 Å². The van der Waals surface area contributed by atoms with Gasteiger partial charge in [0.15, 0.2) is 6.61 Å². The van der Waals surface area contributed by atoms with E-state index in [9.17, 15) is 9.59 Å². The number of nitrogens with zero attached hydrogens (tertiary/aromatic N) is 1. The summed E-state index contributed by atoms with van der Waals surface area (Å²) in [6.07, 6.45) is 1.53. The van der Waals surface area contributed by atoms with E-state index in [2.05, 4.69) is 10.3 Å². The molecule has 1 heterocycles. The van der Waals surface area contributed by atoms with Crippen molar-refractivity contribution >= 4 is 11.9 Å². The summed E-state index contributed by atoms with van der Waals surface area (Å²) in [6.45, 7) is 7.76. The molecule has 1 amide bonds. The maximum atomic E-state index is 12.2. The summed E-state index contributed by atoms with van der Waals surface area (Å²) in [6, 6.07) is 9.01. The molecule has 0 saturated carbocycles. The number of carbonyl (C=O) groups excluding carboxylic acids is 2. The summed E-state index contributed by atoms with van der Waals surface area (Å²) in [4.78, 5) is 28.2. The van der Waals surface area contributed by atoms with Gasteiger partial charge < -0.3 is 14.8 Å². The van der Waals surface area contributed by atoms with E-state index in [0.717, 1.165) is 11.1 Å². The SMILES string of the molecule is CCOc1ncccc1C(=O)OCC(=O)NC(C)c1ccc(C)c(C)c1. The summed E-state index contributed by atoms with van der Waals surface area (Å²) >= 11 is 0. The Kier molecular flexibility index (Phi) is 6.72. The number of rotatable bonds is 7. The van der Waals surface area contributed by atoms with Crippen molar-refractivity contribution in [2.24, 2.45) is 0 Å². The largest absolute Gasteiger partial charge is 0.477 e. The third kappa shape index (κ3) is 5.05. The minimum Gasteiger partial charge on any atom is -0.477 e. The van der Waals surface area contributed by atoms with Gasteiger partial charge in [-0.25, -0.2) is 9.78 Å². The van der Waals surface area contributed by atoms with E-state index in [-0.39, 0.29) is 30.0 Å². The van der Waals surface area contributed by atoms with Crippen LogP contribution in [0.4, 0.5) is 0 Å². The number of hydrogen-bond donors (Lipinski definition) is 1. The van der Waals surface area contributed by atoms with Crippen molar-refractivity contribution in [2.75, 3.05) is 13.2 Å². The Morgan fingerprint density at radius 3 is 2.65 bits per heavy atom. The Labute approximate surface area is 153 Å². The van der Waals surface area contributed by atoms with Crippen LogP contribution in [0.25, 0.3) is 0 Å². The predicted molar refractivity (Wildman–Crippen MR) is 98.2 cm³/mol. The molecule has 1 aromatic carbocycles. The van der Waals surface area contributed by atoms with Crippen LogP contribution < -0.4 is 10.1 Å². The fourth-order valence-corrected chi connectivity index (χ4v) is 2.41. The van der Waals surface area contributed by atoms with Gasteiger partial charge in [-0.05, 0) is 56.5 Å². The molecule has 0 spiro atoms. The van der Waals surface area contributed by atoms with Crippen LogP contribution in [0.1, 0.15) is 46.9 Å². The molecule has 138 valence electrons. The highest BCUT2D eigenvalue weighted by molar-refractivity contribution is 5.93. The summed E-state index contributed by atoms with van der Waals surface area (Å²) in [5, 5.41) is 2.83. The standard InChI is InChI=1S/C20H24N2O4/c1-5-25-19-17(7-6-10-21-19)20(24)26-12-18(23)22-15(4)16-9-8-13(2)14(3)11-16/h6-11,15H,5,12H2,1-4H3,(H,22,23). The molecule has 0 aliphatic rings. The van der Waals surface area contributed by atoms with E-state index in [1.54, 1.807) is 19.1 Å². The Bertz CT molecular complexity index is 789. The molecular formula is C20H24N2O4. The number of ether oxygens (including phenoxy) is 2. The highest BCUT2D eigenvalue weighted by Crippen LogP contribution is 2.17. The monoisotopic (exact) mass is 356 g/mol. The van der Waals surface area contributed by atoms with E-state index in [1.165, 1.54) is 11.8 Å². The molecule has 6 heteroatoms. The number of benzene rings is 1. The van der Waals surface area contributed by atoms with E-state index < -0.39 is 5.97 Å². The van der Waals surface area contributed by atoms with Crippen molar-refractivity contribution in [2.45, 2.75) is 33.7 Å². The molecule has 1 aromatic heterocycles. The van der Waals surface area contributed by atoms with Crippen LogP contribution in [0, 0.1) is 13.8 Å². The average molecular weight is 356 g/mol. The molecule has 26 heavy (non-hydrogen) atoms. The molecule has 1 N–H and O–H groups in total. The Morgan fingerprint density at radius 1 is 1.19 bits per heavy atom. The van der Waals surface area contributed by atoms with E-state index in [4.69, 9.17) is 9.47 Å². The summed E-state index contributed by atoms with van der Waals surface area (Å²) in [7, 11) is 0. The molecule has 1 atom stereocenters. The van der Waals surface area contributed by atoms with E-state index >= 15 is 0 Å². The average Bonchev–Trinajstić information content (AvgIpc) is 2.62. The zero-order valence-electron chi connectivity index (χ0n) is 15.5. The van der Waals surface area contributed by atoms with Gasteiger partial charge in [0.05, 0.1) is 12.6 Å². The highest BCUT2D eigenvalue weighted by atomic mass is 16.5. The molecular weight excluding hydrogens is 332 g/mol. The number of amides is 1. The van der Waals surface area contributed by atoms with Gasteiger partial charge >= 0.3 is 5.97 Å². The van der Waals surface area contributed by atoms with Crippen LogP contribution in [0.15, 0.2) is 36.5 Å². The highest BCUT2D eigenvalue weighted by Gasteiger charge is 2.17. The quantitative estimate of drug-likeness (QED) is 0.771. The van der Waals surface area contributed by atoms with Crippen molar-refractivity contribution in [3.63, 3.8) is 0 Å². The Balaban J connectivity index is 1.92. The normalized spacial score (nSPS) is 11.5. The molecule has 2 rings (SSSR count). The summed E-state index contributed by atoms with van der Waals surface area (Å²) in [5.74, 6) is -0.814. The number of nitrogens with one attached hydrogen (secondary N) is 1.